The average molecular weight is 280 g/mol. The molecule has 0 aliphatic heterocycles. The lowest BCUT2D eigenvalue weighted by Crippen LogP contribution is -2.39. The van der Waals surface area contributed by atoms with E-state index in [4.69, 9.17) is 11.6 Å². The third kappa shape index (κ3) is 3.26. The number of rotatable bonds is 4. The molecule has 0 amide bonds. The van der Waals surface area contributed by atoms with Gasteiger partial charge < -0.3 is 9.88 Å². The van der Waals surface area contributed by atoms with E-state index in [1.807, 2.05) is 12.1 Å². The molecule has 0 bridgehead atoms. The van der Waals surface area contributed by atoms with E-state index in [1.165, 1.54) is 21.4 Å². The van der Waals surface area contributed by atoms with E-state index < -0.39 is 0 Å². The first-order valence-corrected chi connectivity index (χ1v) is 6.21. The molecule has 1 N–H and O–H groups in total. The molecule has 0 spiro atoms. The molecule has 1 aromatic heterocycles. The van der Waals surface area contributed by atoms with Gasteiger partial charge in [0.1, 0.15) is 0 Å². The minimum absolute atomic E-state index is 0.295. The number of aromatic nitrogens is 2. The molecule has 1 heterocycles. The molecule has 6 heteroatoms. The molecule has 0 fully saturated rings. The SMILES string of the molecule is Cn1ccc(=O)n(CCNc2cccc(Cl)c2)c1=O. The average Bonchev–Trinajstić information content (AvgIpc) is 2.38. The molecule has 2 rings (SSSR count). The van der Waals surface area contributed by atoms with E-state index in [1.54, 1.807) is 19.2 Å². The van der Waals surface area contributed by atoms with Crippen molar-refractivity contribution in [1.82, 2.24) is 9.13 Å². The summed E-state index contributed by atoms with van der Waals surface area (Å²) in [6, 6.07) is 8.65. The maximum atomic E-state index is 11.8. The predicted molar refractivity (Wildman–Crippen MR) is 75.9 cm³/mol. The second-order valence-electron chi connectivity index (χ2n) is 4.14. The standard InChI is InChI=1S/C13H14ClN3O2/c1-16-7-5-12(18)17(13(16)19)8-6-15-11-4-2-3-10(14)9-11/h2-5,7,9,15H,6,8H2,1H3. The van der Waals surface area contributed by atoms with Crippen molar-refractivity contribution >= 4 is 17.3 Å². The van der Waals surface area contributed by atoms with Crippen molar-refractivity contribution in [2.45, 2.75) is 6.54 Å². The van der Waals surface area contributed by atoms with E-state index >= 15 is 0 Å². The highest BCUT2D eigenvalue weighted by Crippen LogP contribution is 2.14. The molecule has 0 saturated carbocycles. The maximum Gasteiger partial charge on any atom is 0.330 e. The summed E-state index contributed by atoms with van der Waals surface area (Å²) in [4.78, 5) is 23.4. The number of hydrogen-bond acceptors (Lipinski definition) is 3. The lowest BCUT2D eigenvalue weighted by molar-refractivity contribution is 0.607. The van der Waals surface area contributed by atoms with Gasteiger partial charge in [0.2, 0.25) is 0 Å². The maximum absolute atomic E-state index is 11.8. The molecule has 19 heavy (non-hydrogen) atoms. The number of nitrogens with zero attached hydrogens (tertiary/aromatic N) is 2. The first kappa shape index (κ1) is 13.4. The first-order valence-electron chi connectivity index (χ1n) is 5.84. The van der Waals surface area contributed by atoms with Gasteiger partial charge in [0, 0.05) is 43.1 Å². The Morgan fingerprint density at radius 2 is 2.05 bits per heavy atom. The molecule has 0 unspecified atom stereocenters. The highest BCUT2D eigenvalue weighted by atomic mass is 35.5. The van der Waals surface area contributed by atoms with E-state index in [0.29, 0.717) is 18.1 Å². The number of halogens is 1. The summed E-state index contributed by atoms with van der Waals surface area (Å²) in [6.07, 6.45) is 1.46. The van der Waals surface area contributed by atoms with E-state index in [9.17, 15) is 9.59 Å². The van der Waals surface area contributed by atoms with Gasteiger partial charge in [-0.1, -0.05) is 17.7 Å². The molecular formula is C13H14ClN3O2. The summed E-state index contributed by atoms with van der Waals surface area (Å²) in [5.41, 5.74) is 0.240. The lowest BCUT2D eigenvalue weighted by Gasteiger charge is -2.09. The predicted octanol–water partition coefficient (Wildman–Crippen LogP) is 1.31. The normalized spacial score (nSPS) is 10.4. The van der Waals surface area contributed by atoms with Crippen molar-refractivity contribution in [1.29, 1.82) is 0 Å². The molecule has 0 aliphatic rings. The van der Waals surface area contributed by atoms with Crippen LogP contribution < -0.4 is 16.6 Å². The zero-order valence-electron chi connectivity index (χ0n) is 10.5. The van der Waals surface area contributed by atoms with Crippen LogP contribution in [0, 0.1) is 0 Å². The molecule has 1 aromatic carbocycles. The summed E-state index contributed by atoms with van der Waals surface area (Å²) in [5.74, 6) is 0. The number of hydrogen-bond donors (Lipinski definition) is 1. The fourth-order valence-electron chi connectivity index (χ4n) is 1.73. The molecule has 0 aliphatic carbocycles. The summed E-state index contributed by atoms with van der Waals surface area (Å²) in [7, 11) is 1.61. The highest BCUT2D eigenvalue weighted by molar-refractivity contribution is 6.30. The third-order valence-electron chi connectivity index (χ3n) is 2.73. The topological polar surface area (TPSA) is 56.0 Å². The van der Waals surface area contributed by atoms with Crippen molar-refractivity contribution < 1.29 is 0 Å². The summed E-state index contributed by atoms with van der Waals surface area (Å²) < 4.78 is 2.57. The van der Waals surface area contributed by atoms with Gasteiger partial charge in [-0.3, -0.25) is 9.36 Å². The van der Waals surface area contributed by atoms with Gasteiger partial charge in [0.25, 0.3) is 5.56 Å². The lowest BCUT2D eigenvalue weighted by atomic mass is 10.3. The number of anilines is 1. The largest absolute Gasteiger partial charge is 0.383 e. The van der Waals surface area contributed by atoms with Crippen LogP contribution in [-0.2, 0) is 13.6 Å². The number of nitrogens with one attached hydrogen (secondary N) is 1. The van der Waals surface area contributed by atoms with Crippen molar-refractivity contribution in [2.24, 2.45) is 7.05 Å². The second-order valence-corrected chi connectivity index (χ2v) is 4.57. The van der Waals surface area contributed by atoms with Crippen LogP contribution >= 0.6 is 11.6 Å². The Morgan fingerprint density at radius 1 is 1.26 bits per heavy atom. The van der Waals surface area contributed by atoms with Gasteiger partial charge in [-0.2, -0.15) is 0 Å². The molecule has 5 nitrogen and oxygen atoms in total. The van der Waals surface area contributed by atoms with Crippen molar-refractivity contribution in [3.63, 3.8) is 0 Å². The number of aryl methyl sites for hydroxylation is 1. The van der Waals surface area contributed by atoms with Crippen LogP contribution in [0.15, 0.2) is 46.1 Å². The monoisotopic (exact) mass is 279 g/mol. The molecule has 0 saturated heterocycles. The second kappa shape index (κ2) is 5.75. The van der Waals surface area contributed by atoms with Crippen LogP contribution in [0.3, 0.4) is 0 Å². The van der Waals surface area contributed by atoms with Crippen LogP contribution in [0.4, 0.5) is 5.69 Å². The van der Waals surface area contributed by atoms with Crippen LogP contribution in [-0.4, -0.2) is 15.7 Å². The Bertz CT molecular complexity index is 691. The summed E-state index contributed by atoms with van der Waals surface area (Å²) in [5, 5.41) is 3.75. The molecule has 100 valence electrons. The minimum Gasteiger partial charge on any atom is -0.383 e. The Labute approximate surface area is 115 Å². The summed E-state index contributed by atoms with van der Waals surface area (Å²) in [6.45, 7) is 0.776. The zero-order valence-corrected chi connectivity index (χ0v) is 11.2. The van der Waals surface area contributed by atoms with Crippen molar-refractivity contribution in [3.05, 3.63) is 62.4 Å². The van der Waals surface area contributed by atoms with Gasteiger partial charge in [-0.15, -0.1) is 0 Å². The Kier molecular flexibility index (Phi) is 4.06. The fourth-order valence-corrected chi connectivity index (χ4v) is 1.92. The smallest absolute Gasteiger partial charge is 0.330 e. The summed E-state index contributed by atoms with van der Waals surface area (Å²) >= 11 is 5.86. The molecule has 0 radical (unpaired) electrons. The van der Waals surface area contributed by atoms with Crippen LogP contribution in [0.2, 0.25) is 5.02 Å². The third-order valence-corrected chi connectivity index (χ3v) is 2.96. The van der Waals surface area contributed by atoms with Gasteiger partial charge >= 0.3 is 5.69 Å². The van der Waals surface area contributed by atoms with E-state index in [2.05, 4.69) is 5.32 Å². The van der Waals surface area contributed by atoms with Crippen molar-refractivity contribution in [3.8, 4) is 0 Å². The zero-order chi connectivity index (χ0) is 13.8. The fraction of sp³-hybridized carbons (Fsp3) is 0.231. The first-order chi connectivity index (χ1) is 9.08. The van der Waals surface area contributed by atoms with Gasteiger partial charge in [0.15, 0.2) is 0 Å². The Balaban J connectivity index is 2.06. The van der Waals surface area contributed by atoms with Gasteiger partial charge in [-0.05, 0) is 18.2 Å². The van der Waals surface area contributed by atoms with E-state index in [0.717, 1.165) is 5.69 Å². The van der Waals surface area contributed by atoms with Crippen molar-refractivity contribution in [2.75, 3.05) is 11.9 Å². The quantitative estimate of drug-likeness (QED) is 0.918. The Morgan fingerprint density at radius 3 is 2.79 bits per heavy atom. The van der Waals surface area contributed by atoms with E-state index in [-0.39, 0.29) is 11.2 Å². The molecule has 0 atom stereocenters. The molecule has 2 aromatic rings. The molecular weight excluding hydrogens is 266 g/mol. The highest BCUT2D eigenvalue weighted by Gasteiger charge is 2.02. The Hall–Kier alpha value is -2.01. The van der Waals surface area contributed by atoms with Crippen LogP contribution in [0.1, 0.15) is 0 Å². The minimum atomic E-state index is -0.319. The van der Waals surface area contributed by atoms with Crippen LogP contribution in [0.5, 0.6) is 0 Å². The van der Waals surface area contributed by atoms with Crippen LogP contribution in [0.25, 0.3) is 0 Å². The van der Waals surface area contributed by atoms with Gasteiger partial charge in [-0.25, -0.2) is 4.79 Å². The number of benzene rings is 1. The van der Waals surface area contributed by atoms with Gasteiger partial charge in [0.05, 0.1) is 0 Å².